The Morgan fingerprint density at radius 3 is 2.82 bits per heavy atom. The number of amidine groups is 1. The lowest BCUT2D eigenvalue weighted by Crippen LogP contribution is -2.21. The van der Waals surface area contributed by atoms with Crippen LogP contribution in [-0.4, -0.2) is 21.7 Å². The quantitative estimate of drug-likeness (QED) is 0.389. The van der Waals surface area contributed by atoms with E-state index in [-0.39, 0.29) is 11.5 Å². The van der Waals surface area contributed by atoms with Gasteiger partial charge in [-0.05, 0) is 31.4 Å². The number of benzene rings is 1. The van der Waals surface area contributed by atoms with Gasteiger partial charge in [-0.3, -0.25) is 15.9 Å². The third kappa shape index (κ3) is 2.54. The summed E-state index contributed by atoms with van der Waals surface area (Å²) in [6.45, 7) is 0. The van der Waals surface area contributed by atoms with Gasteiger partial charge in [0.05, 0.1) is 11.4 Å². The van der Waals surface area contributed by atoms with Crippen LogP contribution >= 0.6 is 0 Å². The van der Waals surface area contributed by atoms with Crippen LogP contribution in [0.5, 0.6) is 0 Å². The number of aryl methyl sites for hydroxylation is 1. The molecule has 0 amide bonds. The molecule has 110 valence electrons. The molecule has 0 saturated carbocycles. The number of rotatable bonds is 4. The Morgan fingerprint density at radius 1 is 1.36 bits per heavy atom. The summed E-state index contributed by atoms with van der Waals surface area (Å²) >= 11 is 0. The Labute approximate surface area is 127 Å². The molecule has 1 aliphatic rings. The standard InChI is InChI=1S/C15H15N7/c16-8-13(15(17)18)21-19-10-6-4-9(5-7-10)14-11-2-1-3-12(11)20-22-14/h4-7,19H,1-3H2,(H3,17,18)(H,20,22)/b21-13+. The van der Waals surface area contributed by atoms with Gasteiger partial charge in [-0.15, -0.1) is 0 Å². The predicted molar refractivity (Wildman–Crippen MR) is 84.6 cm³/mol. The van der Waals surface area contributed by atoms with Crippen LogP contribution < -0.4 is 11.2 Å². The van der Waals surface area contributed by atoms with Gasteiger partial charge in [0, 0.05) is 16.8 Å². The molecule has 3 rings (SSSR count). The second-order valence-corrected chi connectivity index (χ2v) is 5.06. The minimum Gasteiger partial charge on any atom is -0.382 e. The van der Waals surface area contributed by atoms with Gasteiger partial charge in [0.1, 0.15) is 6.07 Å². The number of aromatic nitrogens is 2. The topological polar surface area (TPSA) is 127 Å². The molecule has 0 spiro atoms. The number of hydrazone groups is 1. The third-order valence-electron chi connectivity index (χ3n) is 3.62. The highest BCUT2D eigenvalue weighted by molar-refractivity contribution is 6.45. The molecule has 0 fully saturated rings. The lowest BCUT2D eigenvalue weighted by atomic mass is 10.1. The fourth-order valence-corrected chi connectivity index (χ4v) is 2.53. The first-order chi connectivity index (χ1) is 10.7. The molecule has 0 saturated heterocycles. The lowest BCUT2D eigenvalue weighted by molar-refractivity contribution is 0.867. The molecule has 1 aliphatic carbocycles. The molecule has 0 aliphatic heterocycles. The summed E-state index contributed by atoms with van der Waals surface area (Å²) in [5, 5.41) is 27.3. The molecule has 0 radical (unpaired) electrons. The van der Waals surface area contributed by atoms with Gasteiger partial charge >= 0.3 is 0 Å². The van der Waals surface area contributed by atoms with E-state index in [2.05, 4.69) is 20.7 Å². The van der Waals surface area contributed by atoms with Crippen molar-refractivity contribution >= 4 is 17.2 Å². The fourth-order valence-electron chi connectivity index (χ4n) is 2.53. The number of hydrogen-bond donors (Lipinski definition) is 4. The zero-order chi connectivity index (χ0) is 15.5. The first-order valence-corrected chi connectivity index (χ1v) is 6.94. The Bertz CT molecular complexity index is 777. The maximum atomic E-state index is 8.78. The molecule has 7 nitrogen and oxygen atoms in total. The van der Waals surface area contributed by atoms with Crippen molar-refractivity contribution in [1.29, 1.82) is 10.7 Å². The number of nitrogens with zero attached hydrogens (tertiary/aromatic N) is 3. The summed E-state index contributed by atoms with van der Waals surface area (Å²) in [7, 11) is 0. The molecule has 1 heterocycles. The van der Waals surface area contributed by atoms with Gasteiger partial charge in [-0.2, -0.15) is 15.5 Å². The number of fused-ring (bicyclic) bond motifs is 1. The van der Waals surface area contributed by atoms with Crippen LogP contribution in [0.4, 0.5) is 5.69 Å². The van der Waals surface area contributed by atoms with Gasteiger partial charge in [-0.25, -0.2) is 0 Å². The molecule has 22 heavy (non-hydrogen) atoms. The van der Waals surface area contributed by atoms with E-state index in [1.54, 1.807) is 6.07 Å². The molecule has 1 aromatic heterocycles. The van der Waals surface area contributed by atoms with Crippen molar-refractivity contribution in [1.82, 2.24) is 10.2 Å². The summed E-state index contributed by atoms with van der Waals surface area (Å²) in [5.74, 6) is -0.362. The fraction of sp³-hybridized carbons (Fsp3) is 0.200. The average molecular weight is 293 g/mol. The van der Waals surface area contributed by atoms with Crippen LogP contribution in [-0.2, 0) is 12.8 Å². The maximum absolute atomic E-state index is 8.78. The van der Waals surface area contributed by atoms with Crippen molar-refractivity contribution in [3.05, 3.63) is 35.5 Å². The van der Waals surface area contributed by atoms with Crippen LogP contribution in [0.2, 0.25) is 0 Å². The Hall–Kier alpha value is -3.14. The van der Waals surface area contributed by atoms with Gasteiger partial charge in [0.2, 0.25) is 5.71 Å². The zero-order valence-electron chi connectivity index (χ0n) is 11.8. The van der Waals surface area contributed by atoms with Gasteiger partial charge in [-0.1, -0.05) is 12.1 Å². The van der Waals surface area contributed by atoms with Crippen molar-refractivity contribution in [3.63, 3.8) is 0 Å². The molecule has 2 aromatic rings. The summed E-state index contributed by atoms with van der Waals surface area (Å²) in [6.07, 6.45) is 3.31. The number of anilines is 1. The molecular weight excluding hydrogens is 278 g/mol. The van der Waals surface area contributed by atoms with Crippen molar-refractivity contribution < 1.29 is 0 Å². The normalized spacial score (nSPS) is 13.5. The second-order valence-electron chi connectivity index (χ2n) is 5.06. The van der Waals surface area contributed by atoms with Crippen molar-refractivity contribution in [2.24, 2.45) is 10.8 Å². The summed E-state index contributed by atoms with van der Waals surface area (Å²) < 4.78 is 0. The van der Waals surface area contributed by atoms with E-state index in [1.807, 2.05) is 24.3 Å². The van der Waals surface area contributed by atoms with Gasteiger partial charge in [0.25, 0.3) is 0 Å². The SMILES string of the molecule is N#C/C(=N\Nc1ccc(-c2n[nH]c3c2CCC3)cc1)C(=N)N. The number of H-pyrrole nitrogens is 1. The smallest absolute Gasteiger partial charge is 0.201 e. The van der Waals surface area contributed by atoms with Crippen LogP contribution in [0.25, 0.3) is 11.3 Å². The number of aromatic amines is 1. The number of nitriles is 1. The maximum Gasteiger partial charge on any atom is 0.201 e. The van der Waals surface area contributed by atoms with Crippen LogP contribution in [0.15, 0.2) is 29.4 Å². The first kappa shape index (κ1) is 13.8. The van der Waals surface area contributed by atoms with E-state index in [1.165, 1.54) is 17.7 Å². The van der Waals surface area contributed by atoms with Crippen LogP contribution in [0.1, 0.15) is 17.7 Å². The average Bonchev–Trinajstić information content (AvgIpc) is 3.11. The van der Waals surface area contributed by atoms with Crippen molar-refractivity contribution in [2.45, 2.75) is 19.3 Å². The molecule has 1 aromatic carbocycles. The highest BCUT2D eigenvalue weighted by Crippen LogP contribution is 2.30. The Kier molecular flexibility index (Phi) is 3.58. The molecule has 7 heteroatoms. The van der Waals surface area contributed by atoms with Crippen molar-refractivity contribution in [3.8, 4) is 17.3 Å². The largest absolute Gasteiger partial charge is 0.382 e. The summed E-state index contributed by atoms with van der Waals surface area (Å²) in [4.78, 5) is 0. The second kappa shape index (κ2) is 5.69. The summed E-state index contributed by atoms with van der Waals surface area (Å²) in [6, 6.07) is 9.36. The van der Waals surface area contributed by atoms with E-state index < -0.39 is 0 Å². The molecule has 0 unspecified atom stereocenters. The molecule has 0 atom stereocenters. The first-order valence-electron chi connectivity index (χ1n) is 6.94. The van der Waals surface area contributed by atoms with E-state index in [0.717, 1.165) is 24.1 Å². The third-order valence-corrected chi connectivity index (χ3v) is 3.62. The predicted octanol–water partition coefficient (Wildman–Crippen LogP) is 1.79. The Morgan fingerprint density at radius 2 is 2.14 bits per heavy atom. The van der Waals surface area contributed by atoms with Crippen LogP contribution in [0.3, 0.4) is 0 Å². The monoisotopic (exact) mass is 293 g/mol. The minimum atomic E-state index is -0.362. The van der Waals surface area contributed by atoms with Gasteiger partial charge < -0.3 is 5.73 Å². The number of nitrogens with one attached hydrogen (secondary N) is 3. The van der Waals surface area contributed by atoms with Crippen LogP contribution in [0, 0.1) is 16.7 Å². The molecule has 5 N–H and O–H groups in total. The van der Waals surface area contributed by atoms with E-state index in [0.29, 0.717) is 5.69 Å². The zero-order valence-corrected chi connectivity index (χ0v) is 11.8. The Balaban J connectivity index is 1.79. The highest BCUT2D eigenvalue weighted by Gasteiger charge is 2.19. The number of nitrogens with two attached hydrogens (primary N) is 1. The minimum absolute atomic E-state index is 0.144. The van der Waals surface area contributed by atoms with Gasteiger partial charge in [0.15, 0.2) is 5.84 Å². The van der Waals surface area contributed by atoms with E-state index in [4.69, 9.17) is 16.4 Å². The summed E-state index contributed by atoms with van der Waals surface area (Å²) in [5.41, 5.74) is 13.1. The van der Waals surface area contributed by atoms with Crippen molar-refractivity contribution in [2.75, 3.05) is 5.43 Å². The van der Waals surface area contributed by atoms with E-state index in [9.17, 15) is 0 Å². The lowest BCUT2D eigenvalue weighted by Gasteiger charge is -2.04. The van der Waals surface area contributed by atoms with E-state index >= 15 is 0 Å². The highest BCUT2D eigenvalue weighted by atomic mass is 15.3. The molecular formula is C15H15N7. The number of hydrogen-bond acceptors (Lipinski definition) is 5. The molecule has 0 bridgehead atoms.